The number of aromatic hydroxyl groups is 2. The van der Waals surface area contributed by atoms with Crippen LogP contribution in [0.3, 0.4) is 0 Å². The fourth-order valence-corrected chi connectivity index (χ4v) is 4.23. The molecule has 0 radical (unpaired) electrons. The van der Waals surface area contributed by atoms with Crippen LogP contribution in [0.1, 0.15) is 103 Å². The number of unbranched alkanes of at least 4 members (excludes halogenated alkanes) is 8. The summed E-state index contributed by atoms with van der Waals surface area (Å²) in [6.07, 6.45) is 14.7. The Morgan fingerprint density at radius 2 is 1.47 bits per heavy atom. The molecule has 1 aliphatic rings. The molecule has 1 heterocycles. The van der Waals surface area contributed by atoms with Gasteiger partial charge in [0.2, 0.25) is 0 Å². The Labute approximate surface area is 228 Å². The van der Waals surface area contributed by atoms with Crippen LogP contribution >= 0.6 is 0 Å². The quantitative estimate of drug-likeness (QED) is 0.105. The van der Waals surface area contributed by atoms with Crippen molar-refractivity contribution < 1.29 is 29.2 Å². The third kappa shape index (κ3) is 11.9. The first-order valence-corrected chi connectivity index (χ1v) is 14.3. The highest BCUT2D eigenvalue weighted by molar-refractivity contribution is 5.73. The van der Waals surface area contributed by atoms with Gasteiger partial charge in [-0.2, -0.15) is 0 Å². The number of esters is 1. The summed E-state index contributed by atoms with van der Waals surface area (Å²) in [5.41, 5.74) is 0.805. The molecule has 0 amide bonds. The van der Waals surface area contributed by atoms with Crippen LogP contribution in [0.4, 0.5) is 0 Å². The third-order valence-electron chi connectivity index (χ3n) is 6.37. The van der Waals surface area contributed by atoms with Crippen LogP contribution in [0, 0.1) is 0 Å². The number of para-hydroxylation sites is 2. The van der Waals surface area contributed by atoms with Gasteiger partial charge >= 0.3 is 5.97 Å². The van der Waals surface area contributed by atoms with Crippen molar-refractivity contribution >= 4 is 5.97 Å². The van der Waals surface area contributed by atoms with Crippen molar-refractivity contribution in [2.75, 3.05) is 6.61 Å². The van der Waals surface area contributed by atoms with E-state index in [-0.39, 0.29) is 17.5 Å². The number of phenols is 2. The third-order valence-corrected chi connectivity index (χ3v) is 6.37. The van der Waals surface area contributed by atoms with Gasteiger partial charge in [0, 0.05) is 30.5 Å². The molecule has 6 heteroatoms. The zero-order valence-corrected chi connectivity index (χ0v) is 23.3. The molecule has 0 aliphatic carbocycles. The Kier molecular flexibility index (Phi) is 14.8. The lowest BCUT2D eigenvalue weighted by atomic mass is 10.1. The summed E-state index contributed by atoms with van der Waals surface area (Å²) in [4.78, 5) is 12.1. The SMILES string of the molecule is C=C(CCCCCCC)Oc1ccccc1OC(=O)CCCCCCC.Oc1cc(O)c2c(c1)OCCC2. The zero-order chi connectivity index (χ0) is 27.6. The average Bonchev–Trinajstić information content (AvgIpc) is 2.90. The standard InChI is InChI=1S/C23H36O3.C9H10O3/c1-4-6-8-10-12-16-20(3)25-21-17-14-15-18-22(21)26-23(24)19-13-11-9-7-5-2;10-6-4-8(11)7-2-1-3-12-9(7)5-6/h14-15,17-18H,3-13,16,19H2,1-2H3;4-5,10-11H,1-3H2. The van der Waals surface area contributed by atoms with Crippen LogP contribution < -0.4 is 14.2 Å². The van der Waals surface area contributed by atoms with Crippen molar-refractivity contribution in [1.82, 2.24) is 0 Å². The molecule has 0 bridgehead atoms. The van der Waals surface area contributed by atoms with Gasteiger partial charge in [-0.1, -0.05) is 83.9 Å². The number of allylic oxidation sites excluding steroid dienone is 1. The van der Waals surface area contributed by atoms with E-state index in [4.69, 9.17) is 19.3 Å². The monoisotopic (exact) mass is 526 g/mol. The average molecular weight is 527 g/mol. The van der Waals surface area contributed by atoms with Crippen molar-refractivity contribution in [3.05, 3.63) is 54.3 Å². The van der Waals surface area contributed by atoms with Crippen molar-refractivity contribution in [2.45, 2.75) is 104 Å². The molecule has 2 N–H and O–H groups in total. The van der Waals surface area contributed by atoms with E-state index < -0.39 is 0 Å². The first-order valence-electron chi connectivity index (χ1n) is 14.3. The van der Waals surface area contributed by atoms with E-state index in [9.17, 15) is 9.90 Å². The molecule has 0 unspecified atom stereocenters. The lowest BCUT2D eigenvalue weighted by Gasteiger charge is -2.17. The Morgan fingerprint density at radius 1 is 0.868 bits per heavy atom. The van der Waals surface area contributed by atoms with Gasteiger partial charge in [0.1, 0.15) is 17.2 Å². The molecule has 0 aromatic heterocycles. The van der Waals surface area contributed by atoms with Crippen molar-refractivity contribution in [2.24, 2.45) is 0 Å². The Balaban J connectivity index is 0.000000347. The van der Waals surface area contributed by atoms with Gasteiger partial charge in [-0.3, -0.25) is 4.79 Å². The minimum atomic E-state index is -0.192. The number of hydrogen-bond donors (Lipinski definition) is 2. The van der Waals surface area contributed by atoms with E-state index in [2.05, 4.69) is 20.4 Å². The number of carbonyl (C=O) groups excluding carboxylic acids is 1. The molecule has 38 heavy (non-hydrogen) atoms. The maximum absolute atomic E-state index is 12.1. The number of benzene rings is 2. The summed E-state index contributed by atoms with van der Waals surface area (Å²) in [5, 5.41) is 18.5. The largest absolute Gasteiger partial charge is 0.508 e. The van der Waals surface area contributed by atoms with E-state index in [0.717, 1.165) is 49.8 Å². The molecule has 0 spiro atoms. The first kappa shape index (κ1) is 31.1. The molecule has 0 saturated heterocycles. The fourth-order valence-electron chi connectivity index (χ4n) is 4.23. The van der Waals surface area contributed by atoms with E-state index in [1.54, 1.807) is 6.07 Å². The summed E-state index contributed by atoms with van der Waals surface area (Å²) in [6.45, 7) is 9.06. The van der Waals surface area contributed by atoms with Crippen molar-refractivity contribution in [1.29, 1.82) is 0 Å². The molecule has 0 saturated carbocycles. The summed E-state index contributed by atoms with van der Waals surface area (Å²) < 4.78 is 16.6. The number of phenolic OH excluding ortho intramolecular Hbond substituents is 2. The Bertz CT molecular complexity index is 937. The van der Waals surface area contributed by atoms with Crippen LogP contribution in [0.25, 0.3) is 0 Å². The number of fused-ring (bicyclic) bond motifs is 1. The van der Waals surface area contributed by atoms with Gasteiger partial charge in [0.25, 0.3) is 0 Å². The zero-order valence-electron chi connectivity index (χ0n) is 23.3. The van der Waals surface area contributed by atoms with Crippen molar-refractivity contribution in [3.8, 4) is 28.7 Å². The van der Waals surface area contributed by atoms with Gasteiger partial charge < -0.3 is 24.4 Å². The van der Waals surface area contributed by atoms with Crippen LogP contribution in [0.5, 0.6) is 28.7 Å². The first-order chi connectivity index (χ1) is 18.4. The number of carbonyl (C=O) groups is 1. The fraction of sp³-hybridized carbons (Fsp3) is 0.531. The number of rotatable bonds is 15. The molecule has 3 rings (SSSR count). The number of ether oxygens (including phenoxy) is 3. The van der Waals surface area contributed by atoms with Crippen LogP contribution in [0.15, 0.2) is 48.7 Å². The maximum atomic E-state index is 12.1. The van der Waals surface area contributed by atoms with Gasteiger partial charge in [0.05, 0.1) is 12.4 Å². The molecule has 2 aromatic carbocycles. The molecule has 1 aliphatic heterocycles. The second-order valence-corrected chi connectivity index (χ2v) is 9.78. The molecule has 0 fully saturated rings. The lowest BCUT2D eigenvalue weighted by molar-refractivity contribution is -0.134. The normalized spacial score (nSPS) is 11.9. The topological polar surface area (TPSA) is 85.2 Å². The van der Waals surface area contributed by atoms with E-state index in [1.807, 2.05) is 18.2 Å². The van der Waals surface area contributed by atoms with Crippen LogP contribution in [-0.2, 0) is 11.2 Å². The minimum absolute atomic E-state index is 0.0492. The van der Waals surface area contributed by atoms with Gasteiger partial charge in [-0.05, 0) is 37.8 Å². The summed E-state index contributed by atoms with van der Waals surface area (Å²) in [5.74, 6) is 2.38. The number of hydrogen-bond acceptors (Lipinski definition) is 6. The highest BCUT2D eigenvalue weighted by Crippen LogP contribution is 2.36. The Morgan fingerprint density at radius 3 is 2.13 bits per heavy atom. The highest BCUT2D eigenvalue weighted by atomic mass is 16.6. The predicted octanol–water partition coefficient (Wildman–Crippen LogP) is 8.63. The van der Waals surface area contributed by atoms with E-state index in [0.29, 0.717) is 30.3 Å². The van der Waals surface area contributed by atoms with Crippen molar-refractivity contribution in [3.63, 3.8) is 0 Å². The van der Waals surface area contributed by atoms with E-state index >= 15 is 0 Å². The Hall–Kier alpha value is -3.15. The van der Waals surface area contributed by atoms with Crippen LogP contribution in [-0.4, -0.2) is 22.8 Å². The summed E-state index contributed by atoms with van der Waals surface area (Å²) in [7, 11) is 0. The van der Waals surface area contributed by atoms with Crippen LogP contribution in [0.2, 0.25) is 0 Å². The molecular weight excluding hydrogens is 480 g/mol. The molecule has 2 aromatic rings. The smallest absolute Gasteiger partial charge is 0.311 e. The molecule has 6 nitrogen and oxygen atoms in total. The summed E-state index contributed by atoms with van der Waals surface area (Å²) in [6, 6.07) is 10.2. The lowest BCUT2D eigenvalue weighted by Crippen LogP contribution is -2.08. The maximum Gasteiger partial charge on any atom is 0.311 e. The highest BCUT2D eigenvalue weighted by Gasteiger charge is 2.15. The molecular formula is C32H46O6. The molecule has 0 atom stereocenters. The second kappa shape index (κ2) is 18.2. The summed E-state index contributed by atoms with van der Waals surface area (Å²) >= 11 is 0. The van der Waals surface area contributed by atoms with E-state index in [1.165, 1.54) is 57.1 Å². The van der Waals surface area contributed by atoms with Gasteiger partial charge in [-0.15, -0.1) is 0 Å². The van der Waals surface area contributed by atoms with Gasteiger partial charge in [0.15, 0.2) is 11.5 Å². The second-order valence-electron chi connectivity index (χ2n) is 9.78. The van der Waals surface area contributed by atoms with Gasteiger partial charge in [-0.25, -0.2) is 0 Å². The molecule has 210 valence electrons. The minimum Gasteiger partial charge on any atom is -0.508 e. The predicted molar refractivity (Wildman–Crippen MR) is 152 cm³/mol.